The van der Waals surface area contributed by atoms with E-state index < -0.39 is 23.9 Å². The molecule has 0 spiro atoms. The number of rotatable bonds is 1. The number of halogens is 3. The highest BCUT2D eigenvalue weighted by atomic mass is 19.4. The predicted octanol–water partition coefficient (Wildman–Crippen LogP) is -0.0619. The van der Waals surface area contributed by atoms with Gasteiger partial charge in [-0.15, -0.1) is 0 Å². The van der Waals surface area contributed by atoms with Gasteiger partial charge in [0.1, 0.15) is 6.04 Å². The molecule has 1 aliphatic heterocycles. The van der Waals surface area contributed by atoms with E-state index in [0.717, 1.165) is 0 Å². The van der Waals surface area contributed by atoms with Crippen LogP contribution in [0.3, 0.4) is 0 Å². The average molecular weight is 224 g/mol. The molecule has 1 rings (SSSR count). The standard InChI is InChI=1S/C8H11F3N2O2/c1-5(14)6-4-12-2-3-13(6)7(15)8(9,10)11/h6,12H,2-4H2,1H3. The number of nitrogens with zero attached hydrogens (tertiary/aromatic N) is 1. The van der Waals surface area contributed by atoms with Crippen molar-refractivity contribution in [2.75, 3.05) is 19.6 Å². The van der Waals surface area contributed by atoms with E-state index in [1.54, 1.807) is 0 Å². The van der Waals surface area contributed by atoms with Gasteiger partial charge in [-0.1, -0.05) is 0 Å². The Labute approximate surface area is 84.4 Å². The molecule has 4 nitrogen and oxygen atoms in total. The monoisotopic (exact) mass is 224 g/mol. The molecule has 1 N–H and O–H groups in total. The van der Waals surface area contributed by atoms with Gasteiger partial charge in [-0.3, -0.25) is 9.59 Å². The van der Waals surface area contributed by atoms with Crippen LogP contribution in [0.1, 0.15) is 6.92 Å². The Kier molecular flexibility index (Phi) is 3.33. The lowest BCUT2D eigenvalue weighted by Gasteiger charge is -2.34. The Morgan fingerprint density at radius 2 is 2.00 bits per heavy atom. The molecule has 0 aromatic rings. The minimum atomic E-state index is -4.91. The van der Waals surface area contributed by atoms with Crippen molar-refractivity contribution in [3.05, 3.63) is 0 Å². The first-order chi connectivity index (χ1) is 6.84. The van der Waals surface area contributed by atoms with E-state index in [0.29, 0.717) is 4.90 Å². The van der Waals surface area contributed by atoms with Gasteiger partial charge < -0.3 is 10.2 Å². The summed E-state index contributed by atoms with van der Waals surface area (Å²) < 4.78 is 36.4. The summed E-state index contributed by atoms with van der Waals surface area (Å²) in [4.78, 5) is 22.6. The van der Waals surface area contributed by atoms with Gasteiger partial charge in [0.2, 0.25) is 0 Å². The Balaban J connectivity index is 2.81. The number of carbonyl (C=O) groups is 2. The molecule has 1 fully saturated rings. The Hall–Kier alpha value is -1.11. The second-order valence-corrected chi connectivity index (χ2v) is 3.33. The maximum Gasteiger partial charge on any atom is 0.471 e. The molecule has 0 aromatic heterocycles. The van der Waals surface area contributed by atoms with Crippen molar-refractivity contribution in [1.29, 1.82) is 0 Å². The largest absolute Gasteiger partial charge is 0.471 e. The fourth-order valence-electron chi connectivity index (χ4n) is 1.47. The Bertz CT molecular complexity index is 278. The number of carbonyl (C=O) groups excluding carboxylic acids is 2. The summed E-state index contributed by atoms with van der Waals surface area (Å²) in [6.45, 7) is 1.43. The van der Waals surface area contributed by atoms with Crippen LogP contribution in [0.15, 0.2) is 0 Å². The van der Waals surface area contributed by atoms with E-state index in [4.69, 9.17) is 0 Å². The molecule has 0 aliphatic carbocycles. The maximum absolute atomic E-state index is 12.1. The first kappa shape index (κ1) is 12.0. The number of ketones is 1. The van der Waals surface area contributed by atoms with Crippen molar-refractivity contribution in [2.45, 2.75) is 19.1 Å². The fourth-order valence-corrected chi connectivity index (χ4v) is 1.47. The highest BCUT2D eigenvalue weighted by molar-refractivity contribution is 5.90. The van der Waals surface area contributed by atoms with Crippen LogP contribution in [0.2, 0.25) is 0 Å². The van der Waals surface area contributed by atoms with Gasteiger partial charge in [0.25, 0.3) is 0 Å². The second-order valence-electron chi connectivity index (χ2n) is 3.33. The molecule has 0 radical (unpaired) electrons. The summed E-state index contributed by atoms with van der Waals surface area (Å²) in [7, 11) is 0. The van der Waals surface area contributed by atoms with Gasteiger partial charge >= 0.3 is 12.1 Å². The van der Waals surface area contributed by atoms with E-state index in [1.165, 1.54) is 6.92 Å². The summed E-state index contributed by atoms with van der Waals surface area (Å²) in [5, 5.41) is 2.77. The number of hydrogen-bond donors (Lipinski definition) is 1. The normalized spacial score (nSPS) is 22.7. The van der Waals surface area contributed by atoms with Crippen LogP contribution >= 0.6 is 0 Å². The van der Waals surface area contributed by atoms with Crippen LogP contribution in [-0.4, -0.2) is 48.4 Å². The predicted molar refractivity (Wildman–Crippen MR) is 45.1 cm³/mol. The Morgan fingerprint density at radius 1 is 1.40 bits per heavy atom. The second kappa shape index (κ2) is 4.18. The van der Waals surface area contributed by atoms with Crippen LogP contribution in [-0.2, 0) is 9.59 Å². The molecule has 1 saturated heterocycles. The summed E-state index contributed by atoms with van der Waals surface area (Å²) in [5.41, 5.74) is 0. The number of amides is 1. The van der Waals surface area contributed by atoms with E-state index in [9.17, 15) is 22.8 Å². The molecule has 1 unspecified atom stereocenters. The first-order valence-electron chi connectivity index (χ1n) is 4.43. The molecular formula is C8H11F3N2O2. The molecule has 0 aromatic carbocycles. The fraction of sp³-hybridized carbons (Fsp3) is 0.750. The van der Waals surface area contributed by atoms with Crippen molar-refractivity contribution < 1.29 is 22.8 Å². The summed E-state index contributed by atoms with van der Waals surface area (Å²) in [6.07, 6.45) is -4.91. The van der Waals surface area contributed by atoms with E-state index in [1.807, 2.05) is 0 Å². The van der Waals surface area contributed by atoms with Crippen molar-refractivity contribution in [1.82, 2.24) is 10.2 Å². The zero-order valence-corrected chi connectivity index (χ0v) is 8.10. The van der Waals surface area contributed by atoms with Gasteiger partial charge in [0.15, 0.2) is 5.78 Å². The quantitative estimate of drug-likeness (QED) is 0.678. The van der Waals surface area contributed by atoms with Crippen LogP contribution in [0, 0.1) is 0 Å². The summed E-state index contributed by atoms with van der Waals surface area (Å²) in [5.74, 6) is -2.39. The van der Waals surface area contributed by atoms with Gasteiger partial charge in [0, 0.05) is 19.6 Å². The smallest absolute Gasteiger partial charge is 0.322 e. The first-order valence-corrected chi connectivity index (χ1v) is 4.43. The minimum Gasteiger partial charge on any atom is -0.322 e. The number of piperazine rings is 1. The lowest BCUT2D eigenvalue weighted by molar-refractivity contribution is -0.188. The minimum absolute atomic E-state index is 0.0805. The molecular weight excluding hydrogens is 213 g/mol. The van der Waals surface area contributed by atoms with Crippen LogP contribution in [0.25, 0.3) is 0 Å². The van der Waals surface area contributed by atoms with Crippen molar-refractivity contribution >= 4 is 11.7 Å². The van der Waals surface area contributed by atoms with Gasteiger partial charge in [-0.2, -0.15) is 13.2 Å². The zero-order chi connectivity index (χ0) is 11.6. The highest BCUT2D eigenvalue weighted by Gasteiger charge is 2.46. The zero-order valence-electron chi connectivity index (χ0n) is 8.10. The molecule has 1 heterocycles. The molecule has 1 aliphatic rings. The third kappa shape index (κ3) is 2.68. The highest BCUT2D eigenvalue weighted by Crippen LogP contribution is 2.20. The third-order valence-corrected chi connectivity index (χ3v) is 2.22. The van der Waals surface area contributed by atoms with E-state index >= 15 is 0 Å². The third-order valence-electron chi connectivity index (χ3n) is 2.22. The Morgan fingerprint density at radius 3 is 2.47 bits per heavy atom. The van der Waals surface area contributed by atoms with Crippen LogP contribution < -0.4 is 5.32 Å². The molecule has 1 amide bonds. The molecule has 0 bridgehead atoms. The number of alkyl halides is 3. The van der Waals surface area contributed by atoms with Gasteiger partial charge in [-0.05, 0) is 6.92 Å². The molecule has 1 atom stereocenters. The van der Waals surface area contributed by atoms with Gasteiger partial charge in [0.05, 0.1) is 0 Å². The number of nitrogens with one attached hydrogen (secondary N) is 1. The van der Waals surface area contributed by atoms with Crippen molar-refractivity contribution in [2.24, 2.45) is 0 Å². The SMILES string of the molecule is CC(=O)C1CNCCN1C(=O)C(F)(F)F. The van der Waals surface area contributed by atoms with Crippen molar-refractivity contribution in [3.63, 3.8) is 0 Å². The van der Waals surface area contributed by atoms with E-state index in [-0.39, 0.29) is 19.6 Å². The van der Waals surface area contributed by atoms with Crippen molar-refractivity contribution in [3.8, 4) is 0 Å². The lowest BCUT2D eigenvalue weighted by atomic mass is 10.1. The molecule has 15 heavy (non-hydrogen) atoms. The maximum atomic E-state index is 12.1. The number of Topliss-reactive ketones (excluding diaryl/α,β-unsaturated/α-hetero) is 1. The van der Waals surface area contributed by atoms with Crippen LogP contribution in [0.4, 0.5) is 13.2 Å². The summed E-state index contributed by atoms with van der Waals surface area (Å²) >= 11 is 0. The average Bonchev–Trinajstić information content (AvgIpc) is 2.15. The molecule has 7 heteroatoms. The van der Waals surface area contributed by atoms with Gasteiger partial charge in [-0.25, -0.2) is 0 Å². The van der Waals surface area contributed by atoms with Crippen LogP contribution in [0.5, 0.6) is 0 Å². The molecule has 0 saturated carbocycles. The number of hydrogen-bond acceptors (Lipinski definition) is 3. The van der Waals surface area contributed by atoms with E-state index in [2.05, 4.69) is 5.32 Å². The topological polar surface area (TPSA) is 49.4 Å². The molecule has 86 valence electrons. The lowest BCUT2D eigenvalue weighted by Crippen LogP contribution is -2.59. The summed E-state index contributed by atoms with van der Waals surface area (Å²) in [6, 6.07) is -1.01.